The Morgan fingerprint density at radius 1 is 1.47 bits per heavy atom. The van der Waals surface area contributed by atoms with Crippen molar-refractivity contribution in [3.63, 3.8) is 0 Å². The third kappa shape index (κ3) is 1.92. The van der Waals surface area contributed by atoms with E-state index in [0.29, 0.717) is 5.41 Å². The molecule has 0 amide bonds. The number of fused-ring (bicyclic) bond motifs is 1. The van der Waals surface area contributed by atoms with E-state index in [-0.39, 0.29) is 0 Å². The molecule has 90 valence electrons. The summed E-state index contributed by atoms with van der Waals surface area (Å²) in [6, 6.07) is 0. The maximum absolute atomic E-state index is 4.52. The lowest BCUT2D eigenvalue weighted by Crippen LogP contribution is -2.14. The number of nitrogens with zero attached hydrogens (tertiary/aromatic N) is 3. The first-order valence-electron chi connectivity index (χ1n) is 5.96. The number of anilines is 2. The molecule has 2 aromatic heterocycles. The van der Waals surface area contributed by atoms with Crippen molar-refractivity contribution in [1.82, 2.24) is 14.4 Å². The predicted octanol–water partition coefficient (Wildman–Crippen LogP) is 1.98. The van der Waals surface area contributed by atoms with E-state index >= 15 is 0 Å². The molecule has 17 heavy (non-hydrogen) atoms. The molecule has 0 saturated heterocycles. The van der Waals surface area contributed by atoms with Crippen LogP contribution in [0.3, 0.4) is 0 Å². The van der Waals surface area contributed by atoms with Gasteiger partial charge in [0, 0.05) is 26.0 Å². The highest BCUT2D eigenvalue weighted by molar-refractivity contribution is 5.65. The summed E-state index contributed by atoms with van der Waals surface area (Å²) in [6.45, 7) is 3.26. The number of aromatic nitrogens is 3. The molecule has 3 rings (SSSR count). The highest BCUT2D eigenvalue weighted by Gasteiger charge is 2.37. The Morgan fingerprint density at radius 3 is 3.00 bits per heavy atom. The van der Waals surface area contributed by atoms with Crippen molar-refractivity contribution >= 4 is 17.3 Å². The van der Waals surface area contributed by atoms with E-state index in [1.165, 1.54) is 12.8 Å². The van der Waals surface area contributed by atoms with Crippen LogP contribution in [0, 0.1) is 5.41 Å². The minimum Gasteiger partial charge on any atom is -0.372 e. The maximum Gasteiger partial charge on any atom is 0.180 e. The van der Waals surface area contributed by atoms with Crippen molar-refractivity contribution in [3.8, 4) is 0 Å². The predicted molar refractivity (Wildman–Crippen MR) is 68.4 cm³/mol. The SMILES string of the molecule is CNc1cn2ccnc2c(NCC2(C)CC2)n1. The van der Waals surface area contributed by atoms with E-state index in [9.17, 15) is 0 Å². The van der Waals surface area contributed by atoms with E-state index < -0.39 is 0 Å². The van der Waals surface area contributed by atoms with Gasteiger partial charge in [-0.2, -0.15) is 0 Å². The molecule has 2 aromatic rings. The molecule has 5 heteroatoms. The lowest BCUT2D eigenvalue weighted by molar-refractivity contribution is 0.609. The summed E-state index contributed by atoms with van der Waals surface area (Å²) in [5, 5.41) is 6.48. The van der Waals surface area contributed by atoms with Gasteiger partial charge < -0.3 is 15.0 Å². The van der Waals surface area contributed by atoms with Gasteiger partial charge in [0.1, 0.15) is 5.82 Å². The van der Waals surface area contributed by atoms with Crippen LogP contribution < -0.4 is 10.6 Å². The van der Waals surface area contributed by atoms with Crippen molar-refractivity contribution in [2.45, 2.75) is 19.8 Å². The molecule has 1 aliphatic carbocycles. The van der Waals surface area contributed by atoms with Crippen LogP contribution in [0.2, 0.25) is 0 Å². The quantitative estimate of drug-likeness (QED) is 0.845. The van der Waals surface area contributed by atoms with E-state index in [2.05, 4.69) is 27.5 Å². The Morgan fingerprint density at radius 2 is 2.29 bits per heavy atom. The lowest BCUT2D eigenvalue weighted by atomic mass is 10.1. The highest BCUT2D eigenvalue weighted by Crippen LogP contribution is 2.44. The summed E-state index contributed by atoms with van der Waals surface area (Å²) in [7, 11) is 1.87. The second-order valence-corrected chi connectivity index (χ2v) is 5.05. The van der Waals surface area contributed by atoms with E-state index in [1.807, 2.05) is 23.8 Å². The molecule has 1 saturated carbocycles. The Bertz CT molecular complexity index is 541. The van der Waals surface area contributed by atoms with E-state index in [0.717, 1.165) is 23.8 Å². The highest BCUT2D eigenvalue weighted by atomic mass is 15.1. The Kier molecular flexibility index (Phi) is 2.21. The zero-order valence-corrected chi connectivity index (χ0v) is 10.2. The molecule has 0 unspecified atom stereocenters. The minimum absolute atomic E-state index is 0.459. The average molecular weight is 231 g/mol. The van der Waals surface area contributed by atoms with Crippen molar-refractivity contribution in [2.75, 3.05) is 24.2 Å². The molecular formula is C12H17N5. The Hall–Kier alpha value is -1.78. The molecule has 5 nitrogen and oxygen atoms in total. The molecule has 2 N–H and O–H groups in total. The van der Waals surface area contributed by atoms with Gasteiger partial charge in [0.15, 0.2) is 11.5 Å². The van der Waals surface area contributed by atoms with Crippen LogP contribution >= 0.6 is 0 Å². The molecule has 1 aliphatic rings. The van der Waals surface area contributed by atoms with Crippen LogP contribution in [0.25, 0.3) is 5.65 Å². The molecule has 1 fully saturated rings. The number of imidazole rings is 1. The summed E-state index contributed by atoms with van der Waals surface area (Å²) in [6.07, 6.45) is 8.27. The molecule has 0 aromatic carbocycles. The summed E-state index contributed by atoms with van der Waals surface area (Å²) in [5.41, 5.74) is 1.34. The van der Waals surface area contributed by atoms with Crippen LogP contribution in [0.5, 0.6) is 0 Å². The fourth-order valence-corrected chi connectivity index (χ4v) is 1.86. The van der Waals surface area contributed by atoms with Gasteiger partial charge in [0.25, 0.3) is 0 Å². The molecule has 0 spiro atoms. The number of hydrogen-bond acceptors (Lipinski definition) is 4. The van der Waals surface area contributed by atoms with Gasteiger partial charge in [-0.25, -0.2) is 9.97 Å². The van der Waals surface area contributed by atoms with Crippen molar-refractivity contribution in [1.29, 1.82) is 0 Å². The zero-order chi connectivity index (χ0) is 11.9. The van der Waals surface area contributed by atoms with Gasteiger partial charge in [-0.15, -0.1) is 0 Å². The zero-order valence-electron chi connectivity index (χ0n) is 10.2. The van der Waals surface area contributed by atoms with Crippen LogP contribution in [0.15, 0.2) is 18.6 Å². The fraction of sp³-hybridized carbons (Fsp3) is 0.500. The first-order valence-corrected chi connectivity index (χ1v) is 5.96. The topological polar surface area (TPSA) is 54.2 Å². The summed E-state index contributed by atoms with van der Waals surface area (Å²) in [5.74, 6) is 1.70. The van der Waals surface area contributed by atoms with Gasteiger partial charge in [0.2, 0.25) is 0 Å². The van der Waals surface area contributed by atoms with Crippen molar-refractivity contribution in [3.05, 3.63) is 18.6 Å². The Balaban J connectivity index is 1.92. The monoisotopic (exact) mass is 231 g/mol. The maximum atomic E-state index is 4.52. The van der Waals surface area contributed by atoms with E-state index in [1.54, 1.807) is 6.20 Å². The molecule has 0 radical (unpaired) electrons. The fourth-order valence-electron chi connectivity index (χ4n) is 1.86. The molecular weight excluding hydrogens is 214 g/mol. The second kappa shape index (κ2) is 3.61. The third-order valence-electron chi connectivity index (χ3n) is 3.42. The molecule has 0 bridgehead atoms. The largest absolute Gasteiger partial charge is 0.372 e. The van der Waals surface area contributed by atoms with Gasteiger partial charge in [-0.1, -0.05) is 6.92 Å². The average Bonchev–Trinajstić information content (AvgIpc) is 2.90. The van der Waals surface area contributed by atoms with Crippen molar-refractivity contribution < 1.29 is 0 Å². The normalized spacial score (nSPS) is 17.1. The van der Waals surface area contributed by atoms with E-state index in [4.69, 9.17) is 0 Å². The third-order valence-corrected chi connectivity index (χ3v) is 3.42. The van der Waals surface area contributed by atoms with Crippen LogP contribution in [-0.2, 0) is 0 Å². The summed E-state index contributed by atoms with van der Waals surface area (Å²) >= 11 is 0. The number of nitrogens with one attached hydrogen (secondary N) is 2. The standard InChI is InChI=1S/C12H17N5/c1-12(3-4-12)8-15-10-11-14-5-6-17(11)7-9(13-2)16-10/h5-7,13H,3-4,8H2,1-2H3,(H,15,16). The van der Waals surface area contributed by atoms with Crippen molar-refractivity contribution in [2.24, 2.45) is 5.41 Å². The van der Waals surface area contributed by atoms with Crippen LogP contribution in [-0.4, -0.2) is 28.0 Å². The first kappa shape index (κ1) is 10.4. The molecule has 0 atom stereocenters. The van der Waals surface area contributed by atoms with Crippen LogP contribution in [0.1, 0.15) is 19.8 Å². The molecule has 0 aliphatic heterocycles. The van der Waals surface area contributed by atoms with Gasteiger partial charge in [-0.05, 0) is 18.3 Å². The first-order chi connectivity index (χ1) is 8.20. The lowest BCUT2D eigenvalue weighted by Gasteiger charge is -2.12. The second-order valence-electron chi connectivity index (χ2n) is 5.05. The minimum atomic E-state index is 0.459. The number of rotatable bonds is 4. The van der Waals surface area contributed by atoms with Gasteiger partial charge in [0.05, 0.1) is 6.20 Å². The van der Waals surface area contributed by atoms with Gasteiger partial charge in [-0.3, -0.25) is 0 Å². The number of hydrogen-bond donors (Lipinski definition) is 2. The smallest absolute Gasteiger partial charge is 0.180 e. The van der Waals surface area contributed by atoms with Gasteiger partial charge >= 0.3 is 0 Å². The summed E-state index contributed by atoms with van der Waals surface area (Å²) < 4.78 is 1.98. The Labute approximate surface area is 100 Å². The van der Waals surface area contributed by atoms with Crippen LogP contribution in [0.4, 0.5) is 11.6 Å². The molecule has 2 heterocycles. The summed E-state index contributed by atoms with van der Waals surface area (Å²) in [4.78, 5) is 8.84.